The van der Waals surface area contributed by atoms with Gasteiger partial charge in [0.15, 0.2) is 5.54 Å². The van der Waals surface area contributed by atoms with Crippen LogP contribution in [-0.4, -0.2) is 25.3 Å². The number of hydrogen-bond acceptors (Lipinski definition) is 4. The molecule has 0 saturated heterocycles. The zero-order valence-electron chi connectivity index (χ0n) is 11.3. The molecule has 1 aromatic carbocycles. The summed E-state index contributed by atoms with van der Waals surface area (Å²) < 4.78 is 10.8. The Labute approximate surface area is 113 Å². The summed E-state index contributed by atoms with van der Waals surface area (Å²) in [5.74, 6) is -0.430. The van der Waals surface area contributed by atoms with Crippen LogP contribution in [-0.2, 0) is 19.8 Å². The van der Waals surface area contributed by atoms with Crippen LogP contribution in [0.1, 0.15) is 31.7 Å². The van der Waals surface area contributed by atoms with E-state index < -0.39 is 11.5 Å². The summed E-state index contributed by atoms with van der Waals surface area (Å²) >= 11 is 0. The number of ether oxygens (including phenoxy) is 2. The second-order valence-corrected chi connectivity index (χ2v) is 4.92. The SMILES string of the molecule is CCOC(=O)C(N)(COC1CCC1)c1ccccc1. The predicted molar refractivity (Wildman–Crippen MR) is 72.5 cm³/mol. The van der Waals surface area contributed by atoms with Gasteiger partial charge in [-0.1, -0.05) is 30.3 Å². The van der Waals surface area contributed by atoms with E-state index in [1.165, 1.54) is 6.42 Å². The molecule has 0 bridgehead atoms. The molecule has 4 heteroatoms. The molecule has 1 saturated carbocycles. The Bertz CT molecular complexity index is 417. The van der Waals surface area contributed by atoms with Gasteiger partial charge >= 0.3 is 5.97 Å². The van der Waals surface area contributed by atoms with Gasteiger partial charge in [0.25, 0.3) is 0 Å². The molecule has 1 aliphatic carbocycles. The van der Waals surface area contributed by atoms with Crippen LogP contribution in [0, 0.1) is 0 Å². The fourth-order valence-electron chi connectivity index (χ4n) is 2.04. The molecule has 104 valence electrons. The van der Waals surface area contributed by atoms with E-state index in [0.717, 1.165) is 18.4 Å². The van der Waals surface area contributed by atoms with Gasteiger partial charge in [0.1, 0.15) is 0 Å². The van der Waals surface area contributed by atoms with Gasteiger partial charge in [-0.2, -0.15) is 0 Å². The number of carbonyl (C=O) groups excluding carboxylic acids is 1. The van der Waals surface area contributed by atoms with E-state index in [2.05, 4.69) is 0 Å². The normalized spacial score (nSPS) is 18.4. The molecular formula is C15H21NO3. The average Bonchev–Trinajstić information content (AvgIpc) is 2.38. The van der Waals surface area contributed by atoms with Gasteiger partial charge in [0, 0.05) is 0 Å². The Morgan fingerprint density at radius 1 is 1.37 bits per heavy atom. The van der Waals surface area contributed by atoms with E-state index >= 15 is 0 Å². The number of carbonyl (C=O) groups is 1. The van der Waals surface area contributed by atoms with Crippen molar-refractivity contribution < 1.29 is 14.3 Å². The topological polar surface area (TPSA) is 61.5 Å². The molecule has 19 heavy (non-hydrogen) atoms. The molecule has 1 aromatic rings. The molecule has 1 unspecified atom stereocenters. The third-order valence-corrected chi connectivity index (χ3v) is 3.53. The number of benzene rings is 1. The lowest BCUT2D eigenvalue weighted by molar-refractivity contribution is -0.154. The lowest BCUT2D eigenvalue weighted by Gasteiger charge is -2.32. The van der Waals surface area contributed by atoms with Crippen LogP contribution in [0.2, 0.25) is 0 Å². The van der Waals surface area contributed by atoms with Crippen LogP contribution >= 0.6 is 0 Å². The number of nitrogens with two attached hydrogens (primary N) is 1. The van der Waals surface area contributed by atoms with E-state index in [-0.39, 0.29) is 12.7 Å². The molecule has 0 heterocycles. The molecule has 1 aliphatic rings. The first kappa shape index (κ1) is 14.0. The molecule has 2 N–H and O–H groups in total. The third-order valence-electron chi connectivity index (χ3n) is 3.53. The van der Waals surface area contributed by atoms with E-state index in [1.807, 2.05) is 30.3 Å². The van der Waals surface area contributed by atoms with Gasteiger partial charge in [-0.05, 0) is 31.7 Å². The Morgan fingerprint density at radius 2 is 2.05 bits per heavy atom. The van der Waals surface area contributed by atoms with Gasteiger partial charge in [-0.3, -0.25) is 0 Å². The highest BCUT2D eigenvalue weighted by atomic mass is 16.5. The summed E-state index contributed by atoms with van der Waals surface area (Å²) in [6, 6.07) is 9.28. The van der Waals surface area contributed by atoms with Crippen molar-refractivity contribution in [2.24, 2.45) is 5.73 Å². The number of esters is 1. The summed E-state index contributed by atoms with van der Waals surface area (Å²) in [7, 11) is 0. The first-order valence-corrected chi connectivity index (χ1v) is 6.80. The molecule has 0 aliphatic heterocycles. The van der Waals surface area contributed by atoms with Gasteiger partial charge in [0.05, 0.1) is 19.3 Å². The summed E-state index contributed by atoms with van der Waals surface area (Å²) in [4.78, 5) is 12.2. The van der Waals surface area contributed by atoms with E-state index in [0.29, 0.717) is 6.61 Å². The highest BCUT2D eigenvalue weighted by molar-refractivity contribution is 5.82. The zero-order chi connectivity index (χ0) is 13.7. The molecule has 0 radical (unpaired) electrons. The molecule has 0 spiro atoms. The Kier molecular flexibility index (Phi) is 4.56. The Balaban J connectivity index is 2.13. The largest absolute Gasteiger partial charge is 0.464 e. The van der Waals surface area contributed by atoms with Crippen LogP contribution in [0.5, 0.6) is 0 Å². The molecule has 0 amide bonds. The lowest BCUT2D eigenvalue weighted by Crippen LogP contribution is -2.51. The second-order valence-electron chi connectivity index (χ2n) is 4.92. The number of hydrogen-bond donors (Lipinski definition) is 1. The summed E-state index contributed by atoms with van der Waals surface area (Å²) in [6.45, 7) is 2.25. The molecule has 1 atom stereocenters. The molecule has 1 fully saturated rings. The van der Waals surface area contributed by atoms with Crippen molar-refractivity contribution in [2.75, 3.05) is 13.2 Å². The smallest absolute Gasteiger partial charge is 0.333 e. The van der Waals surface area contributed by atoms with Gasteiger partial charge in [-0.25, -0.2) is 4.79 Å². The third kappa shape index (κ3) is 3.14. The van der Waals surface area contributed by atoms with Crippen molar-refractivity contribution in [3.8, 4) is 0 Å². The quantitative estimate of drug-likeness (QED) is 0.797. The standard InChI is InChI=1S/C15H21NO3/c1-2-18-14(17)15(16,11-19-13-9-6-10-13)12-7-4-3-5-8-12/h3-5,7-8,13H,2,6,9-11,16H2,1H3. The van der Waals surface area contributed by atoms with Crippen molar-refractivity contribution in [3.05, 3.63) is 35.9 Å². The van der Waals surface area contributed by atoms with Gasteiger partial charge in [0.2, 0.25) is 0 Å². The fraction of sp³-hybridized carbons (Fsp3) is 0.533. The lowest BCUT2D eigenvalue weighted by atomic mass is 9.91. The van der Waals surface area contributed by atoms with Crippen LogP contribution < -0.4 is 5.73 Å². The van der Waals surface area contributed by atoms with Crippen molar-refractivity contribution in [1.82, 2.24) is 0 Å². The van der Waals surface area contributed by atoms with Crippen LogP contribution in [0.3, 0.4) is 0 Å². The van der Waals surface area contributed by atoms with E-state index in [4.69, 9.17) is 15.2 Å². The van der Waals surface area contributed by atoms with E-state index in [1.54, 1.807) is 6.92 Å². The highest BCUT2D eigenvalue weighted by Gasteiger charge is 2.39. The fourth-order valence-corrected chi connectivity index (χ4v) is 2.04. The predicted octanol–water partition coefficient (Wildman–Crippen LogP) is 1.97. The summed E-state index contributed by atoms with van der Waals surface area (Å²) in [5, 5.41) is 0. The minimum absolute atomic E-state index is 0.167. The van der Waals surface area contributed by atoms with Crippen LogP contribution in [0.25, 0.3) is 0 Å². The molecular weight excluding hydrogens is 242 g/mol. The van der Waals surface area contributed by atoms with Crippen LogP contribution in [0.4, 0.5) is 0 Å². The van der Waals surface area contributed by atoms with Crippen molar-refractivity contribution >= 4 is 5.97 Å². The number of rotatable bonds is 6. The minimum atomic E-state index is -1.22. The van der Waals surface area contributed by atoms with Crippen molar-refractivity contribution in [1.29, 1.82) is 0 Å². The molecule has 2 rings (SSSR count). The Hall–Kier alpha value is -1.39. The zero-order valence-corrected chi connectivity index (χ0v) is 11.3. The highest BCUT2D eigenvalue weighted by Crippen LogP contribution is 2.26. The molecule has 4 nitrogen and oxygen atoms in total. The second kappa shape index (κ2) is 6.17. The van der Waals surface area contributed by atoms with E-state index in [9.17, 15) is 4.79 Å². The first-order chi connectivity index (χ1) is 9.16. The maximum absolute atomic E-state index is 12.2. The first-order valence-electron chi connectivity index (χ1n) is 6.80. The van der Waals surface area contributed by atoms with Crippen molar-refractivity contribution in [3.63, 3.8) is 0 Å². The Morgan fingerprint density at radius 3 is 2.58 bits per heavy atom. The summed E-state index contributed by atoms with van der Waals surface area (Å²) in [5.41, 5.74) is 5.79. The van der Waals surface area contributed by atoms with Crippen molar-refractivity contribution in [2.45, 2.75) is 37.8 Å². The van der Waals surface area contributed by atoms with Gasteiger partial charge in [-0.15, -0.1) is 0 Å². The summed E-state index contributed by atoms with van der Waals surface area (Å²) in [6.07, 6.45) is 3.52. The van der Waals surface area contributed by atoms with Crippen LogP contribution in [0.15, 0.2) is 30.3 Å². The van der Waals surface area contributed by atoms with Gasteiger partial charge < -0.3 is 15.2 Å². The monoisotopic (exact) mass is 263 g/mol. The maximum Gasteiger partial charge on any atom is 0.333 e. The maximum atomic E-state index is 12.2. The minimum Gasteiger partial charge on any atom is -0.464 e. The average molecular weight is 263 g/mol. The molecule has 0 aromatic heterocycles.